The van der Waals surface area contributed by atoms with Crippen LogP contribution in [0.4, 0.5) is 0 Å². The highest BCUT2D eigenvalue weighted by atomic mass is 16.5. The number of esters is 1. The van der Waals surface area contributed by atoms with Crippen molar-refractivity contribution in [2.24, 2.45) is 0 Å². The minimum absolute atomic E-state index is 0.136. The zero-order chi connectivity index (χ0) is 14.3. The van der Waals surface area contributed by atoms with Crippen molar-refractivity contribution >= 4 is 5.97 Å². The van der Waals surface area contributed by atoms with E-state index in [1.54, 1.807) is 0 Å². The fourth-order valence-corrected chi connectivity index (χ4v) is 1.78. The van der Waals surface area contributed by atoms with Crippen LogP contribution >= 0.6 is 0 Å². The monoisotopic (exact) mass is 265 g/mol. The number of carbonyl (C=O) groups is 1. The molecule has 0 aliphatic carbocycles. The van der Waals surface area contributed by atoms with Gasteiger partial charge in [0.2, 0.25) is 0 Å². The number of likely N-dealkylation sites (N-methyl/N-ethyl adjacent to an activating group) is 1. The smallest absolute Gasteiger partial charge is 0.320 e. The second-order valence-electron chi connectivity index (χ2n) is 4.75. The van der Waals surface area contributed by atoms with Crippen molar-refractivity contribution in [3.63, 3.8) is 0 Å². The molecule has 0 bridgehead atoms. The van der Waals surface area contributed by atoms with E-state index in [1.807, 2.05) is 57.0 Å². The van der Waals surface area contributed by atoms with E-state index in [2.05, 4.69) is 0 Å². The molecule has 0 radical (unpaired) electrons. The highest BCUT2D eigenvalue weighted by molar-refractivity contribution is 5.71. The molecule has 19 heavy (non-hydrogen) atoms. The SMILES string of the molecule is CCOC(=O)CN(C)Cc1ccccc1OC(C)C. The van der Waals surface area contributed by atoms with E-state index >= 15 is 0 Å². The molecule has 0 unspecified atom stereocenters. The Morgan fingerprint density at radius 1 is 1.32 bits per heavy atom. The highest BCUT2D eigenvalue weighted by Crippen LogP contribution is 2.20. The molecular formula is C15H23NO3. The molecule has 0 spiro atoms. The van der Waals surface area contributed by atoms with E-state index in [-0.39, 0.29) is 18.6 Å². The van der Waals surface area contributed by atoms with Gasteiger partial charge >= 0.3 is 5.97 Å². The summed E-state index contributed by atoms with van der Waals surface area (Å²) in [6.07, 6.45) is 0.136. The summed E-state index contributed by atoms with van der Waals surface area (Å²) in [5.74, 6) is 0.667. The lowest BCUT2D eigenvalue weighted by molar-refractivity contribution is -0.144. The standard InChI is InChI=1S/C15H23NO3/c1-5-18-15(17)11-16(4)10-13-8-6-7-9-14(13)19-12(2)3/h6-9,12H,5,10-11H2,1-4H3. The number of benzene rings is 1. The minimum Gasteiger partial charge on any atom is -0.491 e. The van der Waals surface area contributed by atoms with Crippen molar-refractivity contribution in [2.45, 2.75) is 33.4 Å². The summed E-state index contributed by atoms with van der Waals surface area (Å²) < 4.78 is 10.7. The number of hydrogen-bond acceptors (Lipinski definition) is 4. The molecule has 1 aromatic carbocycles. The zero-order valence-corrected chi connectivity index (χ0v) is 12.2. The Kier molecular flexibility index (Phi) is 6.36. The Labute approximate surface area is 115 Å². The van der Waals surface area contributed by atoms with Crippen LogP contribution in [0.5, 0.6) is 5.75 Å². The van der Waals surface area contributed by atoms with Gasteiger partial charge in [-0.1, -0.05) is 18.2 Å². The summed E-state index contributed by atoms with van der Waals surface area (Å²) in [6.45, 7) is 7.16. The van der Waals surface area contributed by atoms with Crippen LogP contribution in [0.2, 0.25) is 0 Å². The van der Waals surface area contributed by atoms with E-state index in [9.17, 15) is 4.79 Å². The molecule has 0 atom stereocenters. The maximum atomic E-state index is 11.4. The Balaban J connectivity index is 2.63. The van der Waals surface area contributed by atoms with Crippen molar-refractivity contribution in [1.82, 2.24) is 4.90 Å². The van der Waals surface area contributed by atoms with Gasteiger partial charge in [0.25, 0.3) is 0 Å². The van der Waals surface area contributed by atoms with Crippen LogP contribution in [0.15, 0.2) is 24.3 Å². The summed E-state index contributed by atoms with van der Waals surface area (Å²) in [6, 6.07) is 7.89. The second kappa shape index (κ2) is 7.79. The fourth-order valence-electron chi connectivity index (χ4n) is 1.78. The molecule has 0 amide bonds. The summed E-state index contributed by atoms with van der Waals surface area (Å²) >= 11 is 0. The molecule has 0 saturated carbocycles. The summed E-state index contributed by atoms with van der Waals surface area (Å²) in [5, 5.41) is 0. The predicted octanol–water partition coefficient (Wildman–Crippen LogP) is 2.47. The van der Waals surface area contributed by atoms with Crippen LogP contribution in [-0.4, -0.2) is 37.2 Å². The lowest BCUT2D eigenvalue weighted by Crippen LogP contribution is -2.27. The third-order valence-electron chi connectivity index (χ3n) is 2.48. The van der Waals surface area contributed by atoms with Crippen LogP contribution < -0.4 is 4.74 Å². The first-order valence-corrected chi connectivity index (χ1v) is 6.61. The number of nitrogens with zero attached hydrogens (tertiary/aromatic N) is 1. The Bertz CT molecular complexity index is 404. The average Bonchev–Trinajstić information content (AvgIpc) is 2.31. The largest absolute Gasteiger partial charge is 0.491 e. The molecule has 106 valence electrons. The summed E-state index contributed by atoms with van der Waals surface area (Å²) in [7, 11) is 1.89. The van der Waals surface area contributed by atoms with Gasteiger partial charge in [0.05, 0.1) is 19.3 Å². The van der Waals surface area contributed by atoms with Gasteiger partial charge in [-0.05, 0) is 33.9 Å². The maximum absolute atomic E-state index is 11.4. The van der Waals surface area contributed by atoms with Crippen molar-refractivity contribution in [2.75, 3.05) is 20.2 Å². The van der Waals surface area contributed by atoms with Crippen LogP contribution in [0.1, 0.15) is 26.3 Å². The lowest BCUT2D eigenvalue weighted by atomic mass is 10.2. The van der Waals surface area contributed by atoms with Gasteiger partial charge in [-0.25, -0.2) is 0 Å². The fraction of sp³-hybridized carbons (Fsp3) is 0.533. The topological polar surface area (TPSA) is 38.8 Å². The Morgan fingerprint density at radius 2 is 2.00 bits per heavy atom. The molecular weight excluding hydrogens is 242 g/mol. The van der Waals surface area contributed by atoms with Gasteiger partial charge < -0.3 is 9.47 Å². The van der Waals surface area contributed by atoms with Crippen LogP contribution in [0, 0.1) is 0 Å². The maximum Gasteiger partial charge on any atom is 0.320 e. The molecule has 0 aliphatic rings. The molecule has 0 N–H and O–H groups in total. The first-order chi connectivity index (χ1) is 9.02. The van der Waals surface area contributed by atoms with Crippen molar-refractivity contribution in [3.8, 4) is 5.75 Å². The number of hydrogen-bond donors (Lipinski definition) is 0. The quantitative estimate of drug-likeness (QED) is 0.710. The molecule has 0 heterocycles. The molecule has 1 aromatic rings. The molecule has 0 aliphatic heterocycles. The number of carbonyl (C=O) groups excluding carboxylic acids is 1. The zero-order valence-electron chi connectivity index (χ0n) is 12.2. The number of para-hydroxylation sites is 1. The number of ether oxygens (including phenoxy) is 2. The van der Waals surface area contributed by atoms with Crippen molar-refractivity contribution < 1.29 is 14.3 Å². The van der Waals surface area contributed by atoms with Gasteiger partial charge in [-0.15, -0.1) is 0 Å². The Hall–Kier alpha value is -1.55. The number of rotatable bonds is 7. The summed E-state index contributed by atoms with van der Waals surface area (Å²) in [5.41, 5.74) is 1.07. The molecule has 1 rings (SSSR count). The van der Waals surface area contributed by atoms with E-state index in [4.69, 9.17) is 9.47 Å². The predicted molar refractivity (Wildman–Crippen MR) is 75.2 cm³/mol. The summed E-state index contributed by atoms with van der Waals surface area (Å²) in [4.78, 5) is 13.3. The van der Waals surface area contributed by atoms with Gasteiger partial charge in [-0.2, -0.15) is 0 Å². The lowest BCUT2D eigenvalue weighted by Gasteiger charge is -2.19. The van der Waals surface area contributed by atoms with E-state index in [0.717, 1.165) is 11.3 Å². The van der Waals surface area contributed by atoms with Crippen molar-refractivity contribution in [1.29, 1.82) is 0 Å². The highest BCUT2D eigenvalue weighted by Gasteiger charge is 2.11. The Morgan fingerprint density at radius 3 is 2.63 bits per heavy atom. The van der Waals surface area contributed by atoms with Gasteiger partial charge in [0.1, 0.15) is 5.75 Å². The van der Waals surface area contributed by atoms with E-state index in [1.165, 1.54) is 0 Å². The molecule has 4 nitrogen and oxygen atoms in total. The first kappa shape index (κ1) is 15.5. The van der Waals surface area contributed by atoms with Crippen LogP contribution in [-0.2, 0) is 16.1 Å². The van der Waals surface area contributed by atoms with Gasteiger partial charge in [0, 0.05) is 12.1 Å². The minimum atomic E-state index is -0.202. The second-order valence-corrected chi connectivity index (χ2v) is 4.75. The average molecular weight is 265 g/mol. The van der Waals surface area contributed by atoms with Gasteiger partial charge in [0.15, 0.2) is 0 Å². The third kappa shape index (κ3) is 5.75. The molecule has 4 heteroatoms. The normalized spacial score (nSPS) is 10.8. The molecule has 0 fully saturated rings. The van der Waals surface area contributed by atoms with E-state index < -0.39 is 0 Å². The van der Waals surface area contributed by atoms with Crippen LogP contribution in [0.25, 0.3) is 0 Å². The third-order valence-corrected chi connectivity index (χ3v) is 2.48. The van der Waals surface area contributed by atoms with E-state index in [0.29, 0.717) is 13.2 Å². The van der Waals surface area contributed by atoms with Crippen molar-refractivity contribution in [3.05, 3.63) is 29.8 Å². The molecule has 0 saturated heterocycles. The first-order valence-electron chi connectivity index (χ1n) is 6.61. The van der Waals surface area contributed by atoms with Crippen LogP contribution in [0.3, 0.4) is 0 Å². The van der Waals surface area contributed by atoms with Gasteiger partial charge in [-0.3, -0.25) is 9.69 Å². The molecule has 0 aromatic heterocycles.